The highest BCUT2D eigenvalue weighted by Gasteiger charge is 2.14. The average Bonchev–Trinajstić information content (AvgIpc) is 2.83. The number of aromatic nitrogens is 1. The first kappa shape index (κ1) is 13.9. The molecule has 0 aliphatic carbocycles. The van der Waals surface area contributed by atoms with Gasteiger partial charge in [-0.15, -0.1) is 0 Å². The fourth-order valence-electron chi connectivity index (χ4n) is 1.71. The smallest absolute Gasteiger partial charge is 0.272 e. The van der Waals surface area contributed by atoms with E-state index in [1.54, 1.807) is 19.1 Å². The van der Waals surface area contributed by atoms with E-state index in [2.05, 4.69) is 10.3 Å². The van der Waals surface area contributed by atoms with Crippen molar-refractivity contribution in [3.8, 4) is 0 Å². The number of nitrogens with one attached hydrogen (secondary N) is 1. The number of nitrogens with two attached hydrogens (primary N) is 1. The van der Waals surface area contributed by atoms with Gasteiger partial charge in [0, 0.05) is 18.2 Å². The average molecular weight is 292 g/mol. The van der Waals surface area contributed by atoms with E-state index in [-0.39, 0.29) is 18.1 Å². The molecule has 0 saturated carbocycles. The van der Waals surface area contributed by atoms with Crippen LogP contribution in [0.5, 0.6) is 0 Å². The summed E-state index contributed by atoms with van der Waals surface area (Å²) in [6.07, 6.45) is 1.40. The van der Waals surface area contributed by atoms with E-state index in [9.17, 15) is 14.9 Å². The molecule has 20 heavy (non-hydrogen) atoms. The van der Waals surface area contributed by atoms with E-state index in [1.807, 2.05) is 0 Å². The number of thiazole rings is 1. The molecule has 2 aromatic rings. The lowest BCUT2D eigenvalue weighted by molar-refractivity contribution is -0.385. The number of nitro benzene ring substituents is 1. The Kier molecular flexibility index (Phi) is 3.94. The molecule has 0 fully saturated rings. The van der Waals surface area contributed by atoms with Crippen LogP contribution in [0.15, 0.2) is 24.4 Å². The summed E-state index contributed by atoms with van der Waals surface area (Å²) in [6, 6.07) is 4.77. The molecule has 7 nitrogen and oxygen atoms in total. The van der Waals surface area contributed by atoms with Crippen molar-refractivity contribution >= 4 is 28.1 Å². The van der Waals surface area contributed by atoms with Crippen molar-refractivity contribution in [3.05, 3.63) is 50.5 Å². The summed E-state index contributed by atoms with van der Waals surface area (Å²) >= 11 is 1.09. The Hall–Kier alpha value is -2.48. The van der Waals surface area contributed by atoms with Crippen molar-refractivity contribution in [1.29, 1.82) is 0 Å². The van der Waals surface area contributed by atoms with Crippen LogP contribution in [0, 0.1) is 17.0 Å². The number of nitrogen functional groups attached to an aromatic ring is 1. The van der Waals surface area contributed by atoms with Gasteiger partial charge in [0.1, 0.15) is 4.88 Å². The third kappa shape index (κ3) is 2.91. The van der Waals surface area contributed by atoms with Gasteiger partial charge in [-0.05, 0) is 12.5 Å². The van der Waals surface area contributed by atoms with E-state index in [0.29, 0.717) is 21.1 Å². The number of anilines is 1. The summed E-state index contributed by atoms with van der Waals surface area (Å²) in [4.78, 5) is 26.4. The van der Waals surface area contributed by atoms with Gasteiger partial charge in [-0.1, -0.05) is 23.5 Å². The standard InChI is InChI=1S/C12H12N4O3S/c1-7-8(3-2-4-9(7)16(18)19)5-14-11(17)10-6-15-12(13)20-10/h2-4,6H,5H2,1H3,(H2,13,15)(H,14,17). The predicted molar refractivity (Wildman–Crippen MR) is 75.5 cm³/mol. The minimum atomic E-state index is -0.440. The van der Waals surface area contributed by atoms with Crippen LogP contribution in [0.3, 0.4) is 0 Å². The molecular weight excluding hydrogens is 280 g/mol. The molecule has 1 heterocycles. The minimum absolute atomic E-state index is 0.0405. The molecule has 8 heteroatoms. The second kappa shape index (κ2) is 5.66. The van der Waals surface area contributed by atoms with Crippen molar-refractivity contribution in [2.75, 3.05) is 5.73 Å². The number of carbonyl (C=O) groups excluding carboxylic acids is 1. The molecule has 1 aromatic heterocycles. The molecule has 0 spiro atoms. The van der Waals surface area contributed by atoms with E-state index in [0.717, 1.165) is 11.3 Å². The maximum Gasteiger partial charge on any atom is 0.272 e. The van der Waals surface area contributed by atoms with Gasteiger partial charge in [0.05, 0.1) is 11.1 Å². The normalized spacial score (nSPS) is 10.2. The van der Waals surface area contributed by atoms with Gasteiger partial charge >= 0.3 is 0 Å². The Morgan fingerprint density at radius 3 is 2.90 bits per heavy atom. The number of amides is 1. The highest BCUT2D eigenvalue weighted by molar-refractivity contribution is 7.17. The van der Waals surface area contributed by atoms with Crippen molar-refractivity contribution in [2.24, 2.45) is 0 Å². The fraction of sp³-hybridized carbons (Fsp3) is 0.167. The third-order valence-corrected chi connectivity index (χ3v) is 3.63. The van der Waals surface area contributed by atoms with Crippen LogP contribution in [0.1, 0.15) is 20.8 Å². The molecule has 1 amide bonds. The van der Waals surface area contributed by atoms with Crippen molar-refractivity contribution in [3.63, 3.8) is 0 Å². The summed E-state index contributed by atoms with van der Waals surface area (Å²) < 4.78 is 0. The zero-order valence-corrected chi connectivity index (χ0v) is 11.4. The van der Waals surface area contributed by atoms with E-state index < -0.39 is 4.92 Å². The molecule has 1 aromatic carbocycles. The summed E-state index contributed by atoms with van der Waals surface area (Å²) in [7, 11) is 0. The predicted octanol–water partition coefficient (Wildman–Crippen LogP) is 1.87. The number of benzene rings is 1. The Labute approximate surface area is 118 Å². The quantitative estimate of drug-likeness (QED) is 0.660. The van der Waals surface area contributed by atoms with E-state index >= 15 is 0 Å². The number of carbonyl (C=O) groups is 1. The Balaban J connectivity index is 2.10. The number of rotatable bonds is 4. The zero-order chi connectivity index (χ0) is 14.7. The Morgan fingerprint density at radius 1 is 1.55 bits per heavy atom. The summed E-state index contributed by atoms with van der Waals surface area (Å²) in [5.74, 6) is -0.301. The van der Waals surface area contributed by atoms with Crippen LogP contribution in [0.4, 0.5) is 10.8 Å². The topological polar surface area (TPSA) is 111 Å². The van der Waals surface area contributed by atoms with Gasteiger partial charge in [-0.2, -0.15) is 0 Å². The highest BCUT2D eigenvalue weighted by Crippen LogP contribution is 2.21. The number of nitro groups is 1. The SMILES string of the molecule is Cc1c(CNC(=O)c2cnc(N)s2)cccc1[N+](=O)[O-]. The third-order valence-electron chi connectivity index (χ3n) is 2.80. The van der Waals surface area contributed by atoms with Crippen LogP contribution < -0.4 is 11.1 Å². The molecule has 3 N–H and O–H groups in total. The van der Waals surface area contributed by atoms with Crippen LogP contribution in [-0.2, 0) is 6.54 Å². The first-order valence-electron chi connectivity index (χ1n) is 5.71. The van der Waals surface area contributed by atoms with Gasteiger partial charge in [0.15, 0.2) is 5.13 Å². The second-order valence-corrected chi connectivity index (χ2v) is 5.13. The molecule has 0 bridgehead atoms. The lowest BCUT2D eigenvalue weighted by atomic mass is 10.1. The highest BCUT2D eigenvalue weighted by atomic mass is 32.1. The van der Waals surface area contributed by atoms with Gasteiger partial charge in [0.2, 0.25) is 0 Å². The Bertz CT molecular complexity index is 668. The lowest BCUT2D eigenvalue weighted by Gasteiger charge is -2.07. The minimum Gasteiger partial charge on any atom is -0.375 e. The van der Waals surface area contributed by atoms with E-state index in [4.69, 9.17) is 5.73 Å². The monoisotopic (exact) mass is 292 g/mol. The number of hydrogen-bond acceptors (Lipinski definition) is 6. The van der Waals surface area contributed by atoms with E-state index in [1.165, 1.54) is 12.3 Å². The molecule has 2 rings (SSSR count). The first-order valence-corrected chi connectivity index (χ1v) is 6.53. The summed E-state index contributed by atoms with van der Waals surface area (Å²) in [5, 5.41) is 13.8. The first-order chi connectivity index (χ1) is 9.49. The van der Waals surface area contributed by atoms with Crippen molar-refractivity contribution < 1.29 is 9.72 Å². The van der Waals surface area contributed by atoms with Gasteiger partial charge < -0.3 is 11.1 Å². The van der Waals surface area contributed by atoms with Gasteiger partial charge in [0.25, 0.3) is 11.6 Å². The van der Waals surface area contributed by atoms with Crippen LogP contribution in [-0.4, -0.2) is 15.8 Å². The number of hydrogen-bond donors (Lipinski definition) is 2. The molecule has 0 radical (unpaired) electrons. The fourth-order valence-corrected chi connectivity index (χ4v) is 2.32. The molecular formula is C12H12N4O3S. The van der Waals surface area contributed by atoms with Gasteiger partial charge in [-0.25, -0.2) is 4.98 Å². The van der Waals surface area contributed by atoms with Crippen LogP contribution in [0.2, 0.25) is 0 Å². The van der Waals surface area contributed by atoms with Crippen LogP contribution in [0.25, 0.3) is 0 Å². The van der Waals surface area contributed by atoms with Crippen molar-refractivity contribution in [2.45, 2.75) is 13.5 Å². The number of nitrogens with zero attached hydrogens (tertiary/aromatic N) is 2. The maximum atomic E-state index is 11.8. The molecule has 0 saturated heterocycles. The molecule has 104 valence electrons. The zero-order valence-electron chi connectivity index (χ0n) is 10.6. The lowest BCUT2D eigenvalue weighted by Crippen LogP contribution is -2.22. The van der Waals surface area contributed by atoms with Crippen molar-refractivity contribution in [1.82, 2.24) is 10.3 Å². The second-order valence-electron chi connectivity index (χ2n) is 4.06. The molecule has 0 aliphatic heterocycles. The molecule has 0 aliphatic rings. The summed E-state index contributed by atoms with van der Waals surface area (Å²) in [6.45, 7) is 1.87. The largest absolute Gasteiger partial charge is 0.375 e. The van der Waals surface area contributed by atoms with Gasteiger partial charge in [-0.3, -0.25) is 14.9 Å². The molecule has 0 atom stereocenters. The Morgan fingerprint density at radius 2 is 2.30 bits per heavy atom. The molecule has 0 unspecified atom stereocenters. The van der Waals surface area contributed by atoms with Crippen LogP contribution >= 0.6 is 11.3 Å². The summed E-state index contributed by atoms with van der Waals surface area (Å²) in [5.41, 5.74) is 6.74. The maximum absolute atomic E-state index is 11.8.